The molecule has 0 nitrogen and oxygen atoms in total. The van der Waals surface area contributed by atoms with Gasteiger partial charge in [0.15, 0.2) is 0 Å². The third-order valence-corrected chi connectivity index (χ3v) is 14.0. The summed E-state index contributed by atoms with van der Waals surface area (Å²) in [6.45, 7) is 9.30. The summed E-state index contributed by atoms with van der Waals surface area (Å²) in [5.74, 6) is 1.83. The van der Waals surface area contributed by atoms with Gasteiger partial charge >= 0.3 is 77.2 Å². The first kappa shape index (κ1) is 11.1. The summed E-state index contributed by atoms with van der Waals surface area (Å²) in [6, 6.07) is 0. The summed E-state index contributed by atoms with van der Waals surface area (Å²) in [7, 11) is 0. The van der Waals surface area contributed by atoms with Crippen molar-refractivity contribution in [2.75, 3.05) is 0 Å². The molecule has 0 unspecified atom stereocenters. The maximum atomic E-state index is 3.89. The van der Waals surface area contributed by atoms with Crippen LogP contribution in [-0.4, -0.2) is 0 Å². The van der Waals surface area contributed by atoms with Crippen LogP contribution in [0.25, 0.3) is 0 Å². The molecular weight excluding hydrogens is 241 g/mol. The molecule has 0 N–H and O–H groups in total. The minimum atomic E-state index is -1.12. The summed E-state index contributed by atoms with van der Waals surface area (Å²) in [5.41, 5.74) is 0. The standard InChI is InChI=1S/2C4H9.BrH.Zn/c2*1-4(2)3;;/h2*4H,1H2,2-3H3;1H;/q;;;+1/p-1. The average molecular weight is 260 g/mol. The van der Waals surface area contributed by atoms with E-state index in [-0.39, 0.29) is 0 Å². The van der Waals surface area contributed by atoms with Gasteiger partial charge in [0.05, 0.1) is 0 Å². The SMILES string of the molecule is CC(C)[CH2][Zn]([Br])[CH2]C(C)C. The van der Waals surface area contributed by atoms with Gasteiger partial charge in [-0.25, -0.2) is 0 Å². The molecule has 0 amide bonds. The molecule has 0 aliphatic carbocycles. The Hall–Kier alpha value is 1.10. The molecule has 0 radical (unpaired) electrons. The quantitative estimate of drug-likeness (QED) is 0.668. The van der Waals surface area contributed by atoms with Crippen LogP contribution in [0.5, 0.6) is 0 Å². The molecule has 0 spiro atoms. The molecule has 0 saturated carbocycles. The summed E-state index contributed by atoms with van der Waals surface area (Å²) in [4.78, 5) is 0. The molecule has 0 aliphatic rings. The van der Waals surface area contributed by atoms with Crippen molar-refractivity contribution in [1.29, 1.82) is 0 Å². The van der Waals surface area contributed by atoms with E-state index < -0.39 is 14.0 Å². The Morgan fingerprint density at radius 3 is 1.50 bits per heavy atom. The van der Waals surface area contributed by atoms with E-state index in [9.17, 15) is 0 Å². The topological polar surface area (TPSA) is 0 Å². The number of rotatable bonds is 4. The van der Waals surface area contributed by atoms with Crippen molar-refractivity contribution < 1.29 is 14.0 Å². The molecular formula is C8H18BrZn. The van der Waals surface area contributed by atoms with Crippen molar-refractivity contribution in [3.63, 3.8) is 0 Å². The van der Waals surface area contributed by atoms with Gasteiger partial charge in [0, 0.05) is 0 Å². The second-order valence-electron chi connectivity index (χ2n) is 4.10. The summed E-state index contributed by atoms with van der Waals surface area (Å²) in [6.07, 6.45) is 0. The third kappa shape index (κ3) is 7.21. The molecule has 0 aliphatic heterocycles. The molecule has 2 heteroatoms. The summed E-state index contributed by atoms with van der Waals surface area (Å²) >= 11 is 2.76. The molecule has 0 aromatic carbocycles. The monoisotopic (exact) mass is 257 g/mol. The van der Waals surface area contributed by atoms with Gasteiger partial charge in [-0.05, 0) is 0 Å². The zero-order valence-electron chi connectivity index (χ0n) is 7.65. The Labute approximate surface area is 77.0 Å². The minimum absolute atomic E-state index is 0.915. The maximum absolute atomic E-state index is 3.89. The Morgan fingerprint density at radius 1 is 1.00 bits per heavy atom. The molecule has 0 aromatic rings. The van der Waals surface area contributed by atoms with Crippen molar-refractivity contribution in [3.05, 3.63) is 0 Å². The third-order valence-electron chi connectivity index (χ3n) is 1.78. The predicted octanol–water partition coefficient (Wildman–Crippen LogP) is 4.06. The van der Waals surface area contributed by atoms with E-state index in [1.54, 1.807) is 0 Å². The van der Waals surface area contributed by atoms with Crippen LogP contribution >= 0.6 is 13.6 Å². The van der Waals surface area contributed by atoms with E-state index in [4.69, 9.17) is 0 Å². The Bertz CT molecular complexity index is 71.3. The van der Waals surface area contributed by atoms with Crippen LogP contribution in [0.15, 0.2) is 0 Å². The second-order valence-corrected chi connectivity index (χ2v) is 17.8. The first-order chi connectivity index (χ1) is 4.52. The van der Waals surface area contributed by atoms with E-state index in [0.29, 0.717) is 0 Å². The van der Waals surface area contributed by atoms with Gasteiger partial charge in [0.1, 0.15) is 0 Å². The van der Waals surface area contributed by atoms with Gasteiger partial charge < -0.3 is 0 Å². The van der Waals surface area contributed by atoms with E-state index in [1.165, 1.54) is 10.0 Å². The second kappa shape index (κ2) is 5.72. The summed E-state index contributed by atoms with van der Waals surface area (Å²) < 4.78 is 0. The molecule has 0 bridgehead atoms. The molecule has 0 fully saturated rings. The van der Waals surface area contributed by atoms with Gasteiger partial charge in [-0.15, -0.1) is 0 Å². The molecule has 0 rings (SSSR count). The van der Waals surface area contributed by atoms with Gasteiger partial charge in [-0.1, -0.05) is 0 Å². The van der Waals surface area contributed by atoms with Crippen LogP contribution in [0, 0.1) is 11.8 Å². The predicted molar refractivity (Wildman–Crippen MR) is 48.2 cm³/mol. The Morgan fingerprint density at radius 2 is 1.30 bits per heavy atom. The van der Waals surface area contributed by atoms with Crippen molar-refractivity contribution in [2.24, 2.45) is 11.8 Å². The fraction of sp³-hybridized carbons (Fsp3) is 1.00. The van der Waals surface area contributed by atoms with Gasteiger partial charge in [0.25, 0.3) is 0 Å². The van der Waals surface area contributed by atoms with Crippen molar-refractivity contribution in [2.45, 2.75) is 37.7 Å². The van der Waals surface area contributed by atoms with Gasteiger partial charge in [-0.2, -0.15) is 0 Å². The van der Waals surface area contributed by atoms with Crippen molar-refractivity contribution in [3.8, 4) is 0 Å². The number of hydrogen-bond donors (Lipinski definition) is 0. The molecule has 0 heterocycles. The van der Waals surface area contributed by atoms with Crippen LogP contribution in [0.1, 0.15) is 27.7 Å². The van der Waals surface area contributed by atoms with Crippen molar-refractivity contribution in [1.82, 2.24) is 0 Å². The Balaban J connectivity index is 3.34. The molecule has 0 aromatic heterocycles. The van der Waals surface area contributed by atoms with Crippen LogP contribution in [0.3, 0.4) is 0 Å². The van der Waals surface area contributed by atoms with Crippen LogP contribution in [0.2, 0.25) is 10.0 Å². The van der Waals surface area contributed by atoms with E-state index in [1.807, 2.05) is 0 Å². The average Bonchev–Trinajstić information content (AvgIpc) is 1.58. The molecule has 10 heavy (non-hydrogen) atoms. The van der Waals surface area contributed by atoms with Crippen LogP contribution < -0.4 is 0 Å². The van der Waals surface area contributed by atoms with Crippen LogP contribution in [0.4, 0.5) is 0 Å². The molecule has 0 atom stereocenters. The first-order valence-corrected chi connectivity index (χ1v) is 15.5. The molecule has 59 valence electrons. The number of halogens is 1. The van der Waals surface area contributed by atoms with Crippen LogP contribution in [-0.2, 0) is 14.0 Å². The molecule has 0 saturated heterocycles. The van der Waals surface area contributed by atoms with Crippen molar-refractivity contribution >= 4 is 13.6 Å². The zero-order chi connectivity index (χ0) is 8.15. The fourth-order valence-corrected chi connectivity index (χ4v) is 16.6. The first-order valence-electron chi connectivity index (χ1n) is 4.39. The zero-order valence-corrected chi connectivity index (χ0v) is 12.2. The Kier molecular flexibility index (Phi) is 6.35. The summed E-state index contributed by atoms with van der Waals surface area (Å²) in [5, 5.41) is 3.02. The van der Waals surface area contributed by atoms with Gasteiger partial charge in [0.2, 0.25) is 0 Å². The van der Waals surface area contributed by atoms with E-state index in [0.717, 1.165) is 11.8 Å². The normalized spacial score (nSPS) is 11.1. The van der Waals surface area contributed by atoms with E-state index >= 15 is 0 Å². The van der Waals surface area contributed by atoms with Gasteiger partial charge in [-0.3, -0.25) is 0 Å². The van der Waals surface area contributed by atoms with E-state index in [2.05, 4.69) is 41.3 Å². The number of hydrogen-bond acceptors (Lipinski definition) is 0. The fourth-order valence-electron chi connectivity index (χ4n) is 1.37.